The van der Waals surface area contributed by atoms with E-state index >= 15 is 0 Å². The van der Waals surface area contributed by atoms with Crippen molar-refractivity contribution in [2.75, 3.05) is 6.61 Å². The summed E-state index contributed by atoms with van der Waals surface area (Å²) in [4.78, 5) is 44.6. The third-order valence-electron chi connectivity index (χ3n) is 4.90. The van der Waals surface area contributed by atoms with Crippen molar-refractivity contribution in [2.45, 2.75) is 66.0 Å². The molecule has 2 aromatic heterocycles. The van der Waals surface area contributed by atoms with Gasteiger partial charge in [0.2, 0.25) is 5.82 Å². The number of aryl methyl sites for hydroxylation is 1. The minimum absolute atomic E-state index is 0.149. The molecule has 2 heterocycles. The summed E-state index contributed by atoms with van der Waals surface area (Å²) in [6.45, 7) is 9.03. The van der Waals surface area contributed by atoms with Crippen LogP contribution in [0.4, 0.5) is 0 Å². The topological polar surface area (TPSA) is 87.5 Å². The lowest BCUT2D eigenvalue weighted by molar-refractivity contribution is -0.151. The monoisotopic (exact) mass is 406 g/mol. The van der Waals surface area contributed by atoms with Gasteiger partial charge in [-0.25, -0.2) is 14.6 Å². The summed E-state index contributed by atoms with van der Waals surface area (Å²) in [6.07, 6.45) is 2.37. The lowest BCUT2D eigenvalue weighted by Gasteiger charge is -2.20. The van der Waals surface area contributed by atoms with Crippen molar-refractivity contribution in [1.29, 1.82) is 0 Å². The van der Waals surface area contributed by atoms with E-state index in [1.807, 2.05) is 0 Å². The summed E-state index contributed by atoms with van der Waals surface area (Å²) in [5, 5.41) is 0.518. The first-order valence-corrected chi connectivity index (χ1v) is 10.5. The molecule has 8 heteroatoms. The highest BCUT2D eigenvalue weighted by molar-refractivity contribution is 7.18. The Morgan fingerprint density at radius 1 is 1.32 bits per heavy atom. The summed E-state index contributed by atoms with van der Waals surface area (Å²) in [7, 11) is 0. The Kier molecular flexibility index (Phi) is 5.88. The van der Waals surface area contributed by atoms with Gasteiger partial charge in [-0.15, -0.1) is 11.3 Å². The average Bonchev–Trinajstić information content (AvgIpc) is 2.98. The second-order valence-electron chi connectivity index (χ2n) is 7.52. The second-order valence-corrected chi connectivity index (χ2v) is 8.61. The molecule has 1 aliphatic rings. The molecule has 0 spiro atoms. The zero-order valence-electron chi connectivity index (χ0n) is 16.9. The Bertz CT molecular complexity index is 975. The summed E-state index contributed by atoms with van der Waals surface area (Å²) >= 11 is 1.46. The third-order valence-corrected chi connectivity index (χ3v) is 6.05. The van der Waals surface area contributed by atoms with Gasteiger partial charge in [-0.1, -0.05) is 6.92 Å². The van der Waals surface area contributed by atoms with E-state index in [2.05, 4.69) is 11.9 Å². The highest BCUT2D eigenvalue weighted by atomic mass is 32.1. The van der Waals surface area contributed by atoms with Crippen LogP contribution in [-0.2, 0) is 27.1 Å². The maximum Gasteiger partial charge on any atom is 0.374 e. The molecule has 0 aromatic carbocycles. The second kappa shape index (κ2) is 8.03. The van der Waals surface area contributed by atoms with Gasteiger partial charge in [0.1, 0.15) is 10.9 Å². The fourth-order valence-electron chi connectivity index (χ4n) is 3.54. The van der Waals surface area contributed by atoms with Crippen LogP contribution in [0.15, 0.2) is 4.79 Å². The number of carbonyl (C=O) groups excluding carboxylic acids is 2. The van der Waals surface area contributed by atoms with Crippen molar-refractivity contribution < 1.29 is 19.1 Å². The molecular formula is C20H26N2O5S. The molecule has 0 amide bonds. The number of rotatable bonds is 5. The number of nitrogens with zero attached hydrogens (tertiary/aromatic N) is 2. The zero-order chi connectivity index (χ0) is 20.6. The van der Waals surface area contributed by atoms with Crippen LogP contribution in [0.3, 0.4) is 0 Å². The molecule has 0 bridgehead atoms. The van der Waals surface area contributed by atoms with Crippen molar-refractivity contribution in [3.05, 3.63) is 26.6 Å². The maximum absolute atomic E-state index is 13.4. The minimum Gasteiger partial charge on any atom is -0.461 e. The van der Waals surface area contributed by atoms with E-state index in [1.165, 1.54) is 11.3 Å². The summed E-state index contributed by atoms with van der Waals surface area (Å²) in [5.41, 5.74) is 0.623. The van der Waals surface area contributed by atoms with E-state index in [-0.39, 0.29) is 24.1 Å². The Morgan fingerprint density at radius 3 is 2.68 bits per heavy atom. The molecule has 3 rings (SSSR count). The van der Waals surface area contributed by atoms with Gasteiger partial charge in [-0.2, -0.15) is 0 Å². The molecule has 2 aromatic rings. The predicted octanol–water partition coefficient (Wildman–Crippen LogP) is 3.27. The normalized spacial score (nSPS) is 17.4. The SMILES string of the molecule is CCOC(=O)c1nc2sc3c(c2c(=O)n1C(C)C(=O)OC(C)C)CCC(C)C3. The molecule has 28 heavy (non-hydrogen) atoms. The van der Waals surface area contributed by atoms with E-state index in [4.69, 9.17) is 9.47 Å². The molecule has 0 aliphatic heterocycles. The number of hydrogen-bond donors (Lipinski definition) is 0. The van der Waals surface area contributed by atoms with Crippen molar-refractivity contribution >= 4 is 33.5 Å². The fourth-order valence-corrected chi connectivity index (χ4v) is 4.91. The Labute approximate surface area is 167 Å². The third kappa shape index (κ3) is 3.70. The first kappa shape index (κ1) is 20.5. The molecular weight excluding hydrogens is 380 g/mol. The molecule has 2 atom stereocenters. The van der Waals surface area contributed by atoms with Crippen LogP contribution in [0, 0.1) is 5.92 Å². The quantitative estimate of drug-likeness (QED) is 0.708. The number of ether oxygens (including phenoxy) is 2. The lowest BCUT2D eigenvalue weighted by Crippen LogP contribution is -2.35. The number of carbonyl (C=O) groups is 2. The highest BCUT2D eigenvalue weighted by Crippen LogP contribution is 2.36. The zero-order valence-corrected chi connectivity index (χ0v) is 17.7. The first-order chi connectivity index (χ1) is 13.2. The van der Waals surface area contributed by atoms with Crippen molar-refractivity contribution in [3.8, 4) is 0 Å². The molecule has 0 radical (unpaired) electrons. The van der Waals surface area contributed by atoms with Crippen molar-refractivity contribution in [3.63, 3.8) is 0 Å². The van der Waals surface area contributed by atoms with E-state index in [0.29, 0.717) is 16.1 Å². The van der Waals surface area contributed by atoms with Crippen LogP contribution >= 0.6 is 11.3 Å². The molecule has 152 valence electrons. The molecule has 2 unspecified atom stereocenters. The molecule has 0 fully saturated rings. The van der Waals surface area contributed by atoms with E-state index < -0.39 is 18.0 Å². The van der Waals surface area contributed by atoms with E-state index in [0.717, 1.165) is 34.3 Å². The fraction of sp³-hybridized carbons (Fsp3) is 0.600. The summed E-state index contributed by atoms with van der Waals surface area (Å²) in [5.74, 6) is -0.904. The van der Waals surface area contributed by atoms with Gasteiger partial charge >= 0.3 is 11.9 Å². The van der Waals surface area contributed by atoms with Crippen molar-refractivity contribution in [1.82, 2.24) is 9.55 Å². The van der Waals surface area contributed by atoms with Crippen LogP contribution in [0.2, 0.25) is 0 Å². The smallest absolute Gasteiger partial charge is 0.374 e. The largest absolute Gasteiger partial charge is 0.461 e. The van der Waals surface area contributed by atoms with Crippen LogP contribution in [-0.4, -0.2) is 34.2 Å². The Balaban J connectivity index is 2.22. The average molecular weight is 407 g/mol. The molecule has 1 aliphatic carbocycles. The van der Waals surface area contributed by atoms with Crippen LogP contribution in [0.1, 0.15) is 68.1 Å². The summed E-state index contributed by atoms with van der Waals surface area (Å²) in [6, 6.07) is -0.982. The van der Waals surface area contributed by atoms with E-state index in [1.54, 1.807) is 27.7 Å². The Morgan fingerprint density at radius 2 is 2.04 bits per heavy atom. The number of esters is 2. The van der Waals surface area contributed by atoms with Gasteiger partial charge in [0.25, 0.3) is 5.56 Å². The summed E-state index contributed by atoms with van der Waals surface area (Å²) < 4.78 is 11.5. The molecule has 0 N–H and O–H groups in total. The van der Waals surface area contributed by atoms with Gasteiger partial charge in [0.15, 0.2) is 0 Å². The Hall–Kier alpha value is -2.22. The van der Waals surface area contributed by atoms with Crippen LogP contribution in [0.5, 0.6) is 0 Å². The van der Waals surface area contributed by atoms with Gasteiger partial charge in [-0.3, -0.25) is 9.36 Å². The van der Waals surface area contributed by atoms with Crippen molar-refractivity contribution in [2.24, 2.45) is 5.92 Å². The standard InChI is InChI=1S/C20H26N2O5S/c1-6-26-20(25)16-21-17-15(13-8-7-11(4)9-14(13)28-17)18(23)22(16)12(5)19(24)27-10(2)3/h10-12H,6-9H2,1-5H3. The number of thiophene rings is 1. The van der Waals surface area contributed by atoms with E-state index in [9.17, 15) is 14.4 Å². The first-order valence-electron chi connectivity index (χ1n) is 9.68. The number of fused-ring (bicyclic) bond motifs is 3. The predicted molar refractivity (Wildman–Crippen MR) is 107 cm³/mol. The maximum atomic E-state index is 13.4. The van der Waals surface area contributed by atoms with Gasteiger partial charge < -0.3 is 9.47 Å². The van der Waals surface area contributed by atoms with Gasteiger partial charge in [0.05, 0.1) is 18.1 Å². The molecule has 7 nitrogen and oxygen atoms in total. The van der Waals surface area contributed by atoms with Crippen LogP contribution in [0.25, 0.3) is 10.2 Å². The molecule has 0 saturated carbocycles. The molecule has 0 saturated heterocycles. The lowest BCUT2D eigenvalue weighted by atomic mass is 9.89. The van der Waals surface area contributed by atoms with Gasteiger partial charge in [0, 0.05) is 4.88 Å². The number of aromatic nitrogens is 2. The van der Waals surface area contributed by atoms with Crippen LogP contribution < -0.4 is 5.56 Å². The van der Waals surface area contributed by atoms with Gasteiger partial charge in [-0.05, 0) is 58.4 Å². The minimum atomic E-state index is -0.982. The highest BCUT2D eigenvalue weighted by Gasteiger charge is 2.31. The number of hydrogen-bond acceptors (Lipinski definition) is 7.